The number of hydrogen-bond donors (Lipinski definition) is 2. The molecule has 0 spiro atoms. The first-order valence-electron chi connectivity index (χ1n) is 8.03. The monoisotopic (exact) mass is 381 g/mol. The minimum absolute atomic E-state index is 0.0255. The lowest BCUT2D eigenvalue weighted by molar-refractivity contribution is -0.129. The van der Waals surface area contributed by atoms with Crippen LogP contribution >= 0.6 is 0 Å². The largest absolute Gasteiger partial charge is 0.390 e. The topological polar surface area (TPSA) is 87.2 Å². The van der Waals surface area contributed by atoms with Crippen LogP contribution in [0.5, 0.6) is 0 Å². The van der Waals surface area contributed by atoms with E-state index in [4.69, 9.17) is 0 Å². The van der Waals surface area contributed by atoms with Gasteiger partial charge < -0.3 is 10.2 Å². The highest BCUT2D eigenvalue weighted by Gasteiger charge is 2.29. The molecule has 11 heteroatoms. The first-order valence-corrected chi connectivity index (χ1v) is 9.68. The van der Waals surface area contributed by atoms with Crippen molar-refractivity contribution in [3.63, 3.8) is 0 Å². The molecule has 1 aliphatic heterocycles. The van der Waals surface area contributed by atoms with Gasteiger partial charge in [-0.15, -0.1) is 0 Å². The van der Waals surface area contributed by atoms with E-state index in [1.807, 2.05) is 0 Å². The van der Waals surface area contributed by atoms with Gasteiger partial charge in [0, 0.05) is 32.2 Å². The summed E-state index contributed by atoms with van der Waals surface area (Å²) in [4.78, 5) is 10.8. The van der Waals surface area contributed by atoms with Crippen LogP contribution in [-0.4, -0.2) is 56.5 Å². The highest BCUT2D eigenvalue weighted by atomic mass is 32.2. The van der Waals surface area contributed by atoms with Crippen molar-refractivity contribution in [1.29, 1.82) is 0 Å². The predicted molar refractivity (Wildman–Crippen MR) is 89.2 cm³/mol. The molecule has 0 atom stereocenters. The van der Waals surface area contributed by atoms with Crippen LogP contribution in [0.3, 0.4) is 0 Å². The molecule has 0 saturated carbocycles. The average Bonchev–Trinajstić information content (AvgIpc) is 3.03. The maximum Gasteiger partial charge on any atom is 0.390 e. The normalized spacial score (nSPS) is 15.6. The summed E-state index contributed by atoms with van der Waals surface area (Å²) >= 11 is 0. The Morgan fingerprint density at radius 2 is 1.88 bits per heavy atom. The molecule has 0 aromatic carbocycles. The molecule has 7 nitrogen and oxygen atoms in total. The standard InChI is InChI=1S/C14H22F3N5O2S/c1-11-20-12(10-13(21-11)22-7-2-3-8-22)18-5-6-19-25(23,24)9-4-14(15,16)17/h10,19H,2-9H2,1H3,(H,18,20,21). The third-order valence-corrected chi connectivity index (χ3v) is 5.05. The van der Waals surface area contributed by atoms with Gasteiger partial charge in [-0.25, -0.2) is 23.1 Å². The second-order valence-corrected chi connectivity index (χ2v) is 7.78. The Labute approximate surface area is 145 Å². The van der Waals surface area contributed by atoms with E-state index in [0.29, 0.717) is 11.6 Å². The van der Waals surface area contributed by atoms with E-state index >= 15 is 0 Å². The summed E-state index contributed by atoms with van der Waals surface area (Å²) in [6, 6.07) is 1.79. The quantitative estimate of drug-likeness (QED) is 0.666. The summed E-state index contributed by atoms with van der Waals surface area (Å²) in [6.07, 6.45) is -3.62. The summed E-state index contributed by atoms with van der Waals surface area (Å²) in [6.45, 7) is 3.83. The summed E-state index contributed by atoms with van der Waals surface area (Å²) < 4.78 is 61.4. The molecule has 1 aliphatic rings. The summed E-state index contributed by atoms with van der Waals surface area (Å²) in [7, 11) is -3.95. The summed E-state index contributed by atoms with van der Waals surface area (Å²) in [5.41, 5.74) is 0. The van der Waals surface area contributed by atoms with Gasteiger partial charge >= 0.3 is 6.18 Å². The third-order valence-electron chi connectivity index (χ3n) is 3.66. The molecule has 2 N–H and O–H groups in total. The van der Waals surface area contributed by atoms with E-state index in [1.165, 1.54) is 0 Å². The van der Waals surface area contributed by atoms with Crippen LogP contribution in [0.1, 0.15) is 25.1 Å². The molecule has 1 aromatic heterocycles. The van der Waals surface area contributed by atoms with Crippen molar-refractivity contribution in [3.05, 3.63) is 11.9 Å². The molecular weight excluding hydrogens is 359 g/mol. The van der Waals surface area contributed by atoms with Crippen molar-refractivity contribution in [2.24, 2.45) is 0 Å². The zero-order valence-corrected chi connectivity index (χ0v) is 14.8. The van der Waals surface area contributed by atoms with E-state index in [9.17, 15) is 21.6 Å². The molecular formula is C14H22F3N5O2S. The summed E-state index contributed by atoms with van der Waals surface area (Å²) in [5.74, 6) is 1.00. The van der Waals surface area contributed by atoms with E-state index in [1.54, 1.807) is 13.0 Å². The Balaban J connectivity index is 1.81. The Kier molecular flexibility index (Phi) is 6.44. The lowest BCUT2D eigenvalue weighted by Gasteiger charge is -2.17. The number of alkyl halides is 3. The van der Waals surface area contributed by atoms with Crippen LogP contribution in [0.15, 0.2) is 6.07 Å². The smallest absolute Gasteiger partial charge is 0.369 e. The SMILES string of the molecule is Cc1nc(NCCNS(=O)(=O)CCC(F)(F)F)cc(N2CCCC2)n1. The van der Waals surface area contributed by atoms with Gasteiger partial charge in [0.2, 0.25) is 10.0 Å². The molecule has 2 heterocycles. The number of anilines is 2. The molecule has 25 heavy (non-hydrogen) atoms. The molecule has 2 rings (SSSR count). The number of aromatic nitrogens is 2. The maximum absolute atomic E-state index is 12.1. The van der Waals surface area contributed by atoms with Crippen LogP contribution < -0.4 is 14.9 Å². The van der Waals surface area contributed by atoms with E-state index in [-0.39, 0.29) is 13.1 Å². The lowest BCUT2D eigenvalue weighted by Crippen LogP contribution is -2.32. The molecule has 1 aromatic rings. The molecule has 0 unspecified atom stereocenters. The Hall–Kier alpha value is -1.62. The van der Waals surface area contributed by atoms with Crippen molar-refractivity contribution in [1.82, 2.24) is 14.7 Å². The fourth-order valence-corrected chi connectivity index (χ4v) is 3.53. The van der Waals surface area contributed by atoms with E-state index in [0.717, 1.165) is 31.7 Å². The number of rotatable bonds is 8. The number of hydrogen-bond acceptors (Lipinski definition) is 6. The van der Waals surface area contributed by atoms with Gasteiger partial charge in [-0.3, -0.25) is 0 Å². The highest BCUT2D eigenvalue weighted by Crippen LogP contribution is 2.21. The van der Waals surface area contributed by atoms with Crippen molar-refractivity contribution < 1.29 is 21.6 Å². The third kappa shape index (κ3) is 7.02. The van der Waals surface area contributed by atoms with Crippen LogP contribution in [-0.2, 0) is 10.0 Å². The average molecular weight is 381 g/mol. The number of sulfonamides is 1. The highest BCUT2D eigenvalue weighted by molar-refractivity contribution is 7.89. The molecule has 0 radical (unpaired) electrons. The number of nitrogens with zero attached hydrogens (tertiary/aromatic N) is 3. The summed E-state index contributed by atoms with van der Waals surface area (Å²) in [5, 5.41) is 2.97. The predicted octanol–water partition coefficient (Wildman–Crippen LogP) is 1.67. The lowest BCUT2D eigenvalue weighted by atomic mass is 10.4. The molecule has 1 fully saturated rings. The zero-order chi connectivity index (χ0) is 18.5. The number of aryl methyl sites for hydroxylation is 1. The zero-order valence-electron chi connectivity index (χ0n) is 13.9. The van der Waals surface area contributed by atoms with Crippen molar-refractivity contribution in [3.8, 4) is 0 Å². The minimum Gasteiger partial charge on any atom is -0.369 e. The van der Waals surface area contributed by atoms with Gasteiger partial charge in [-0.1, -0.05) is 0 Å². The van der Waals surface area contributed by atoms with E-state index in [2.05, 4.69) is 24.9 Å². The van der Waals surface area contributed by atoms with Gasteiger partial charge in [-0.2, -0.15) is 13.2 Å². The van der Waals surface area contributed by atoms with Gasteiger partial charge in [0.25, 0.3) is 0 Å². The molecule has 142 valence electrons. The number of nitrogens with one attached hydrogen (secondary N) is 2. The van der Waals surface area contributed by atoms with Gasteiger partial charge in [0.05, 0.1) is 12.2 Å². The number of halogens is 3. The first kappa shape index (κ1) is 19.7. The fraction of sp³-hybridized carbons (Fsp3) is 0.714. The second-order valence-electron chi connectivity index (χ2n) is 5.86. The van der Waals surface area contributed by atoms with Crippen LogP contribution in [0.2, 0.25) is 0 Å². The molecule has 0 bridgehead atoms. The Bertz CT molecular complexity index is 676. The van der Waals surface area contributed by atoms with E-state index < -0.39 is 28.4 Å². The van der Waals surface area contributed by atoms with Crippen molar-refractivity contribution >= 4 is 21.7 Å². The van der Waals surface area contributed by atoms with Crippen LogP contribution in [0, 0.1) is 6.92 Å². The second kappa shape index (κ2) is 8.17. The maximum atomic E-state index is 12.1. The van der Waals surface area contributed by atoms with Gasteiger partial charge in [0.1, 0.15) is 17.5 Å². The van der Waals surface area contributed by atoms with Crippen LogP contribution in [0.25, 0.3) is 0 Å². The van der Waals surface area contributed by atoms with Gasteiger partial charge in [-0.05, 0) is 19.8 Å². The Morgan fingerprint density at radius 3 is 2.52 bits per heavy atom. The van der Waals surface area contributed by atoms with Crippen LogP contribution in [0.4, 0.5) is 24.8 Å². The molecule has 0 amide bonds. The first-order chi connectivity index (χ1) is 11.6. The molecule has 0 aliphatic carbocycles. The van der Waals surface area contributed by atoms with Crippen molar-refractivity contribution in [2.45, 2.75) is 32.4 Å². The molecule has 1 saturated heterocycles. The van der Waals surface area contributed by atoms with Crippen molar-refractivity contribution in [2.75, 3.05) is 42.1 Å². The fourth-order valence-electron chi connectivity index (χ4n) is 2.47. The van der Waals surface area contributed by atoms with Gasteiger partial charge in [0.15, 0.2) is 0 Å². The Morgan fingerprint density at radius 1 is 1.20 bits per heavy atom. The minimum atomic E-state index is -4.49.